The average molecular weight is 302 g/mol. The van der Waals surface area contributed by atoms with E-state index in [-0.39, 0.29) is 28.6 Å². The molecule has 0 aliphatic heterocycles. The second-order valence-corrected chi connectivity index (χ2v) is 8.77. The van der Waals surface area contributed by atoms with Crippen LogP contribution in [0.15, 0.2) is 0 Å². The number of rotatable bonds is 0. The molecule has 0 amide bonds. The average Bonchev–Trinajstić information content (AvgIpc) is 2.77. The molecule has 4 aliphatic carbocycles. The topological polar surface area (TPSA) is 51.2 Å². The molecule has 4 fully saturated rings. The van der Waals surface area contributed by atoms with Gasteiger partial charge in [0.1, 0.15) is 17.3 Å². The van der Waals surface area contributed by atoms with E-state index in [1.807, 2.05) is 0 Å². The third-order valence-electron chi connectivity index (χ3n) is 8.00. The van der Waals surface area contributed by atoms with E-state index in [1.165, 1.54) is 0 Å². The number of carbonyl (C=O) groups is 3. The number of hydrogen-bond acceptors (Lipinski definition) is 3. The van der Waals surface area contributed by atoms with Crippen molar-refractivity contribution in [1.82, 2.24) is 0 Å². The summed E-state index contributed by atoms with van der Waals surface area (Å²) in [5.74, 6) is 2.08. The Morgan fingerprint density at radius 1 is 0.909 bits per heavy atom. The molecule has 6 atom stereocenters. The van der Waals surface area contributed by atoms with Crippen LogP contribution in [-0.2, 0) is 14.4 Å². The van der Waals surface area contributed by atoms with Gasteiger partial charge in [-0.2, -0.15) is 0 Å². The van der Waals surface area contributed by atoms with Gasteiger partial charge in [0, 0.05) is 37.0 Å². The van der Waals surface area contributed by atoms with Gasteiger partial charge < -0.3 is 0 Å². The van der Waals surface area contributed by atoms with Gasteiger partial charge in [0.25, 0.3) is 0 Å². The quantitative estimate of drug-likeness (QED) is 0.689. The van der Waals surface area contributed by atoms with Crippen LogP contribution in [0, 0.1) is 34.5 Å². The van der Waals surface area contributed by atoms with Crippen molar-refractivity contribution in [3.8, 4) is 0 Å². The van der Waals surface area contributed by atoms with Crippen LogP contribution >= 0.6 is 0 Å². The SMILES string of the molecule is C[C@]12CCC(=O)C[C@@H]1CC(=O)[C@H]1[C@H]3CCC(=O)[C@@]3(C)CC[C@@H]12. The van der Waals surface area contributed by atoms with Crippen LogP contribution in [0.2, 0.25) is 0 Å². The van der Waals surface area contributed by atoms with Crippen LogP contribution in [-0.4, -0.2) is 17.3 Å². The van der Waals surface area contributed by atoms with Gasteiger partial charge >= 0.3 is 0 Å². The summed E-state index contributed by atoms with van der Waals surface area (Å²) in [6, 6.07) is 0. The largest absolute Gasteiger partial charge is 0.300 e. The lowest BCUT2D eigenvalue weighted by Crippen LogP contribution is -2.57. The lowest BCUT2D eigenvalue weighted by molar-refractivity contribution is -0.158. The van der Waals surface area contributed by atoms with Crippen molar-refractivity contribution in [2.75, 3.05) is 0 Å². The Labute approximate surface area is 132 Å². The van der Waals surface area contributed by atoms with Crippen LogP contribution < -0.4 is 0 Å². The molecular formula is C19H26O3. The summed E-state index contributed by atoms with van der Waals surface area (Å²) in [7, 11) is 0. The van der Waals surface area contributed by atoms with Gasteiger partial charge in [-0.25, -0.2) is 0 Å². The number of Topliss-reactive ketones (excluding diaryl/α,β-unsaturated/α-hetero) is 3. The van der Waals surface area contributed by atoms with E-state index in [4.69, 9.17) is 0 Å². The zero-order valence-corrected chi connectivity index (χ0v) is 13.7. The molecule has 0 aromatic heterocycles. The Hall–Kier alpha value is -0.990. The molecular weight excluding hydrogens is 276 g/mol. The number of hydrogen-bond donors (Lipinski definition) is 0. The predicted molar refractivity (Wildman–Crippen MR) is 82.1 cm³/mol. The summed E-state index contributed by atoms with van der Waals surface area (Å²) in [6.45, 7) is 4.43. The normalized spacial score (nSPS) is 51.3. The van der Waals surface area contributed by atoms with Gasteiger partial charge in [0.05, 0.1) is 0 Å². The van der Waals surface area contributed by atoms with E-state index in [2.05, 4.69) is 13.8 Å². The molecule has 3 heteroatoms. The summed E-state index contributed by atoms with van der Waals surface area (Å²) in [4.78, 5) is 37.1. The molecule has 120 valence electrons. The highest BCUT2D eigenvalue weighted by atomic mass is 16.1. The van der Waals surface area contributed by atoms with Crippen LogP contribution in [0.4, 0.5) is 0 Å². The highest BCUT2D eigenvalue weighted by Crippen LogP contribution is 2.64. The van der Waals surface area contributed by atoms with Crippen LogP contribution in [0.3, 0.4) is 0 Å². The maximum absolute atomic E-state index is 12.9. The minimum atomic E-state index is -0.246. The Kier molecular flexibility index (Phi) is 3.00. The lowest BCUT2D eigenvalue weighted by Gasteiger charge is -2.58. The van der Waals surface area contributed by atoms with Crippen molar-refractivity contribution >= 4 is 17.3 Å². The summed E-state index contributed by atoms with van der Waals surface area (Å²) in [5, 5.41) is 0. The molecule has 22 heavy (non-hydrogen) atoms. The second kappa shape index (κ2) is 4.52. The number of fused-ring (bicyclic) bond motifs is 5. The van der Waals surface area contributed by atoms with Crippen molar-refractivity contribution in [3.63, 3.8) is 0 Å². The Balaban J connectivity index is 1.72. The first-order valence-corrected chi connectivity index (χ1v) is 8.94. The molecule has 0 N–H and O–H groups in total. The smallest absolute Gasteiger partial charge is 0.139 e. The van der Waals surface area contributed by atoms with Gasteiger partial charge in [-0.1, -0.05) is 13.8 Å². The lowest BCUT2D eigenvalue weighted by atomic mass is 9.45. The summed E-state index contributed by atoms with van der Waals surface area (Å²) in [5.41, 5.74) is -0.107. The van der Waals surface area contributed by atoms with E-state index in [0.717, 1.165) is 25.7 Å². The van der Waals surface area contributed by atoms with E-state index < -0.39 is 0 Å². The van der Waals surface area contributed by atoms with Crippen molar-refractivity contribution in [1.29, 1.82) is 0 Å². The van der Waals surface area contributed by atoms with Crippen molar-refractivity contribution < 1.29 is 14.4 Å². The Morgan fingerprint density at radius 2 is 1.68 bits per heavy atom. The fourth-order valence-corrected chi connectivity index (χ4v) is 6.50. The molecule has 0 radical (unpaired) electrons. The Bertz CT molecular complexity index is 565. The maximum Gasteiger partial charge on any atom is 0.139 e. The first kappa shape index (κ1) is 14.6. The summed E-state index contributed by atoms with van der Waals surface area (Å²) < 4.78 is 0. The zero-order valence-electron chi connectivity index (χ0n) is 13.7. The monoisotopic (exact) mass is 302 g/mol. The maximum atomic E-state index is 12.9. The molecule has 0 aromatic carbocycles. The molecule has 0 spiro atoms. The van der Waals surface area contributed by atoms with Gasteiger partial charge in [0.2, 0.25) is 0 Å². The molecule has 4 rings (SSSR count). The van der Waals surface area contributed by atoms with E-state index >= 15 is 0 Å². The Morgan fingerprint density at radius 3 is 2.45 bits per heavy atom. The van der Waals surface area contributed by atoms with Gasteiger partial charge in [-0.05, 0) is 48.9 Å². The van der Waals surface area contributed by atoms with Crippen LogP contribution in [0.1, 0.15) is 65.2 Å². The molecule has 0 heterocycles. The minimum absolute atomic E-state index is 0.0830. The van der Waals surface area contributed by atoms with E-state index in [0.29, 0.717) is 49.0 Å². The molecule has 0 bridgehead atoms. The molecule has 0 saturated heterocycles. The second-order valence-electron chi connectivity index (χ2n) is 8.77. The highest BCUT2D eigenvalue weighted by Gasteiger charge is 2.62. The zero-order chi connectivity index (χ0) is 15.7. The van der Waals surface area contributed by atoms with Crippen molar-refractivity contribution in [3.05, 3.63) is 0 Å². The van der Waals surface area contributed by atoms with Gasteiger partial charge in [-0.3, -0.25) is 14.4 Å². The fourth-order valence-electron chi connectivity index (χ4n) is 6.50. The number of ketones is 3. The molecule has 0 aromatic rings. The van der Waals surface area contributed by atoms with Gasteiger partial charge in [0.15, 0.2) is 0 Å². The highest BCUT2D eigenvalue weighted by molar-refractivity contribution is 5.91. The third-order valence-corrected chi connectivity index (χ3v) is 8.00. The molecule has 4 saturated carbocycles. The molecule has 4 aliphatic rings. The number of carbonyl (C=O) groups excluding carboxylic acids is 3. The van der Waals surface area contributed by atoms with Crippen LogP contribution in [0.5, 0.6) is 0 Å². The van der Waals surface area contributed by atoms with Crippen LogP contribution in [0.25, 0.3) is 0 Å². The van der Waals surface area contributed by atoms with Crippen molar-refractivity contribution in [2.45, 2.75) is 65.2 Å². The molecule has 3 nitrogen and oxygen atoms in total. The standard InChI is InChI=1S/C19H26O3/c1-18-7-5-12(20)9-11(18)10-15(21)17-13-3-4-16(22)19(13,2)8-6-14(17)18/h11,13-14,17H,3-10H2,1-2H3/t11-,13-,14+,17+,18+,19+/m1/s1. The first-order valence-electron chi connectivity index (χ1n) is 8.94. The summed E-state index contributed by atoms with van der Waals surface area (Å²) >= 11 is 0. The first-order chi connectivity index (χ1) is 10.4. The third kappa shape index (κ3) is 1.71. The van der Waals surface area contributed by atoms with Crippen molar-refractivity contribution in [2.24, 2.45) is 34.5 Å². The van der Waals surface area contributed by atoms with E-state index in [1.54, 1.807) is 0 Å². The van der Waals surface area contributed by atoms with E-state index in [9.17, 15) is 14.4 Å². The molecule has 0 unspecified atom stereocenters. The van der Waals surface area contributed by atoms with Gasteiger partial charge in [-0.15, -0.1) is 0 Å². The summed E-state index contributed by atoms with van der Waals surface area (Å²) in [6.07, 6.45) is 6.32. The minimum Gasteiger partial charge on any atom is -0.300 e. The predicted octanol–water partition coefficient (Wildman–Crippen LogP) is 3.35. The fraction of sp³-hybridized carbons (Fsp3) is 0.842.